The van der Waals surface area contributed by atoms with E-state index in [0.717, 1.165) is 13.1 Å². The van der Waals surface area contributed by atoms with Crippen LogP contribution in [0.2, 0.25) is 0 Å². The van der Waals surface area contributed by atoms with Crippen LogP contribution < -0.4 is 0 Å². The van der Waals surface area contributed by atoms with Crippen molar-refractivity contribution in [3.05, 3.63) is 41.8 Å². The number of aromatic nitrogens is 3. The highest BCUT2D eigenvalue weighted by molar-refractivity contribution is 5.17. The van der Waals surface area contributed by atoms with E-state index in [1.807, 2.05) is 25.4 Å². The molecular formula is C18H27N5O2. The van der Waals surface area contributed by atoms with E-state index >= 15 is 0 Å². The van der Waals surface area contributed by atoms with Crippen LogP contribution in [0.1, 0.15) is 42.8 Å². The maximum atomic E-state index is 5.35. The van der Waals surface area contributed by atoms with Gasteiger partial charge >= 0.3 is 0 Å². The van der Waals surface area contributed by atoms with Crippen molar-refractivity contribution in [3.8, 4) is 0 Å². The standard InChI is InChI=1S/C18H27N5O2/c1-13(24-4)18-20-16(25-21-18)12-22(2)11-15-7-9-23(3)17(15)14-6-5-8-19-10-14/h5-6,8,10,13,15,17H,7,9,11-12H2,1-4H3/t13-,15+,17+/m1/s1. The number of ether oxygens (including phenoxy) is 1. The summed E-state index contributed by atoms with van der Waals surface area (Å²) in [5.41, 5.74) is 1.29. The SMILES string of the molecule is CO[C@H](C)c1noc(CN(C)C[C@@H]2CCN(C)[C@H]2c2cccnc2)n1. The van der Waals surface area contributed by atoms with Gasteiger partial charge in [-0.05, 0) is 51.5 Å². The number of methoxy groups -OCH3 is 1. The first-order chi connectivity index (χ1) is 12.1. The molecule has 7 nitrogen and oxygen atoms in total. The average Bonchev–Trinajstić information content (AvgIpc) is 3.22. The minimum absolute atomic E-state index is 0.152. The van der Waals surface area contributed by atoms with E-state index in [9.17, 15) is 0 Å². The van der Waals surface area contributed by atoms with Crippen LogP contribution >= 0.6 is 0 Å². The third-order valence-corrected chi connectivity index (χ3v) is 4.95. The highest BCUT2D eigenvalue weighted by Crippen LogP contribution is 2.36. The predicted molar refractivity (Wildman–Crippen MR) is 93.8 cm³/mol. The number of rotatable bonds is 7. The summed E-state index contributed by atoms with van der Waals surface area (Å²) in [4.78, 5) is 13.4. The number of pyridine rings is 1. The van der Waals surface area contributed by atoms with Gasteiger partial charge in [-0.25, -0.2) is 0 Å². The number of hydrogen-bond donors (Lipinski definition) is 0. The molecule has 3 heterocycles. The average molecular weight is 345 g/mol. The van der Waals surface area contributed by atoms with Gasteiger partial charge < -0.3 is 9.26 Å². The van der Waals surface area contributed by atoms with Gasteiger partial charge in [0.1, 0.15) is 6.10 Å². The molecule has 3 rings (SSSR count). The van der Waals surface area contributed by atoms with Crippen LogP contribution in [-0.4, -0.2) is 59.2 Å². The van der Waals surface area contributed by atoms with Crippen LogP contribution in [0.15, 0.2) is 29.0 Å². The Morgan fingerprint density at radius 2 is 2.32 bits per heavy atom. The topological polar surface area (TPSA) is 67.5 Å². The largest absolute Gasteiger partial charge is 0.374 e. The fourth-order valence-corrected chi connectivity index (χ4v) is 3.59. The van der Waals surface area contributed by atoms with Gasteiger partial charge in [0, 0.05) is 32.1 Å². The van der Waals surface area contributed by atoms with Crippen molar-refractivity contribution in [1.29, 1.82) is 0 Å². The Morgan fingerprint density at radius 1 is 1.48 bits per heavy atom. The van der Waals surface area contributed by atoms with E-state index in [-0.39, 0.29) is 6.10 Å². The third kappa shape index (κ3) is 4.23. The van der Waals surface area contributed by atoms with Gasteiger partial charge in [0.25, 0.3) is 0 Å². The van der Waals surface area contributed by atoms with E-state index in [1.54, 1.807) is 7.11 Å². The second-order valence-electron chi connectivity index (χ2n) is 6.88. The smallest absolute Gasteiger partial charge is 0.240 e. The van der Waals surface area contributed by atoms with Crippen LogP contribution in [0.4, 0.5) is 0 Å². The van der Waals surface area contributed by atoms with Gasteiger partial charge in [-0.1, -0.05) is 11.2 Å². The zero-order valence-corrected chi connectivity index (χ0v) is 15.4. The Kier molecular flexibility index (Phi) is 5.78. The highest BCUT2D eigenvalue weighted by Gasteiger charge is 2.33. The number of likely N-dealkylation sites (tertiary alicyclic amines) is 1. The minimum Gasteiger partial charge on any atom is -0.374 e. The molecule has 136 valence electrons. The summed E-state index contributed by atoms with van der Waals surface area (Å²) in [7, 11) is 5.93. The zero-order valence-electron chi connectivity index (χ0n) is 15.4. The quantitative estimate of drug-likeness (QED) is 0.762. The molecule has 1 saturated heterocycles. The Hall–Kier alpha value is -1.83. The first-order valence-corrected chi connectivity index (χ1v) is 8.72. The lowest BCUT2D eigenvalue weighted by molar-refractivity contribution is 0.109. The van der Waals surface area contributed by atoms with Crippen LogP contribution in [0.5, 0.6) is 0 Å². The lowest BCUT2D eigenvalue weighted by Crippen LogP contribution is -2.30. The molecule has 1 aliphatic heterocycles. The van der Waals surface area contributed by atoms with Crippen molar-refractivity contribution in [2.75, 3.05) is 34.3 Å². The third-order valence-electron chi connectivity index (χ3n) is 4.95. The first-order valence-electron chi connectivity index (χ1n) is 8.72. The van der Waals surface area contributed by atoms with Gasteiger partial charge in [-0.2, -0.15) is 4.98 Å². The lowest BCUT2D eigenvalue weighted by Gasteiger charge is -2.28. The van der Waals surface area contributed by atoms with E-state index in [0.29, 0.717) is 30.2 Å². The van der Waals surface area contributed by atoms with Gasteiger partial charge in [0.05, 0.1) is 6.54 Å². The fourth-order valence-electron chi connectivity index (χ4n) is 3.59. The molecule has 7 heteroatoms. The molecule has 25 heavy (non-hydrogen) atoms. The molecule has 0 aromatic carbocycles. The summed E-state index contributed by atoms with van der Waals surface area (Å²) < 4.78 is 10.6. The van der Waals surface area contributed by atoms with E-state index in [2.05, 4.69) is 45.1 Å². The number of nitrogens with zero attached hydrogens (tertiary/aromatic N) is 5. The van der Waals surface area contributed by atoms with E-state index in [4.69, 9.17) is 9.26 Å². The van der Waals surface area contributed by atoms with Crippen LogP contribution in [-0.2, 0) is 11.3 Å². The Balaban J connectivity index is 1.62. The summed E-state index contributed by atoms with van der Waals surface area (Å²) in [6.45, 7) is 4.63. The number of hydrogen-bond acceptors (Lipinski definition) is 7. The van der Waals surface area contributed by atoms with Crippen LogP contribution in [0.25, 0.3) is 0 Å². The van der Waals surface area contributed by atoms with Gasteiger partial charge in [0.15, 0.2) is 5.82 Å². The molecule has 0 radical (unpaired) electrons. The summed E-state index contributed by atoms with van der Waals surface area (Å²) in [5, 5.41) is 3.99. The van der Waals surface area contributed by atoms with Crippen LogP contribution in [0, 0.1) is 5.92 Å². The van der Waals surface area contributed by atoms with Gasteiger partial charge in [-0.3, -0.25) is 14.8 Å². The summed E-state index contributed by atoms with van der Waals surface area (Å²) in [6.07, 6.45) is 4.83. The molecule has 0 N–H and O–H groups in total. The van der Waals surface area contributed by atoms with Crippen molar-refractivity contribution in [3.63, 3.8) is 0 Å². The molecule has 0 bridgehead atoms. The zero-order chi connectivity index (χ0) is 17.8. The molecule has 0 amide bonds. The van der Waals surface area contributed by atoms with E-state index < -0.39 is 0 Å². The Morgan fingerprint density at radius 3 is 3.04 bits per heavy atom. The molecule has 0 spiro atoms. The van der Waals surface area contributed by atoms with Crippen molar-refractivity contribution >= 4 is 0 Å². The Bertz CT molecular complexity index is 662. The summed E-state index contributed by atoms with van der Waals surface area (Å²) >= 11 is 0. The van der Waals surface area contributed by atoms with Gasteiger partial charge in [-0.15, -0.1) is 0 Å². The maximum absolute atomic E-state index is 5.35. The van der Waals surface area contributed by atoms with Gasteiger partial charge in [0.2, 0.25) is 5.89 Å². The predicted octanol–water partition coefficient (Wildman–Crippen LogP) is 2.30. The summed E-state index contributed by atoms with van der Waals surface area (Å²) in [6, 6.07) is 4.59. The molecule has 3 atom stereocenters. The Labute approximate surface area is 149 Å². The molecule has 0 saturated carbocycles. The minimum atomic E-state index is -0.152. The normalized spacial score (nSPS) is 22.6. The summed E-state index contributed by atoms with van der Waals surface area (Å²) in [5.74, 6) is 1.78. The maximum Gasteiger partial charge on any atom is 0.240 e. The monoisotopic (exact) mass is 345 g/mol. The first kappa shape index (κ1) is 18.0. The molecule has 2 aromatic heterocycles. The van der Waals surface area contributed by atoms with Crippen molar-refractivity contribution < 1.29 is 9.26 Å². The van der Waals surface area contributed by atoms with Crippen molar-refractivity contribution in [2.45, 2.75) is 32.0 Å². The molecular weight excluding hydrogens is 318 g/mol. The van der Waals surface area contributed by atoms with Crippen molar-refractivity contribution in [2.24, 2.45) is 5.92 Å². The molecule has 2 aromatic rings. The fraction of sp³-hybridized carbons (Fsp3) is 0.611. The highest BCUT2D eigenvalue weighted by atomic mass is 16.5. The van der Waals surface area contributed by atoms with Crippen molar-refractivity contribution in [1.82, 2.24) is 24.9 Å². The van der Waals surface area contributed by atoms with E-state index in [1.165, 1.54) is 12.0 Å². The molecule has 0 unspecified atom stereocenters. The second-order valence-corrected chi connectivity index (χ2v) is 6.88. The molecule has 1 aliphatic rings. The lowest BCUT2D eigenvalue weighted by atomic mass is 9.94. The second kappa shape index (κ2) is 8.03. The molecule has 0 aliphatic carbocycles. The molecule has 1 fully saturated rings. The van der Waals surface area contributed by atoms with Crippen LogP contribution in [0.3, 0.4) is 0 Å².